The SMILES string of the molecule is C[S+]([O-])N1CCC(NC(=O)c2cc(C3CC3)on2)C1. The third-order valence-corrected chi connectivity index (χ3v) is 4.65. The third-order valence-electron chi connectivity index (χ3n) is 3.59. The van der Waals surface area contributed by atoms with E-state index in [9.17, 15) is 9.35 Å². The van der Waals surface area contributed by atoms with Crippen LogP contribution < -0.4 is 5.32 Å². The normalized spacial score (nSPS) is 25.5. The van der Waals surface area contributed by atoms with Gasteiger partial charge in [0.15, 0.2) is 5.69 Å². The molecule has 6 nitrogen and oxygen atoms in total. The lowest BCUT2D eigenvalue weighted by atomic mass is 10.2. The van der Waals surface area contributed by atoms with Gasteiger partial charge in [-0.1, -0.05) is 5.16 Å². The Labute approximate surface area is 114 Å². The molecule has 2 aliphatic rings. The molecule has 1 saturated heterocycles. The van der Waals surface area contributed by atoms with Gasteiger partial charge < -0.3 is 14.4 Å². The van der Waals surface area contributed by atoms with Crippen molar-refractivity contribution in [2.45, 2.75) is 31.2 Å². The molecule has 7 heteroatoms. The highest BCUT2D eigenvalue weighted by Crippen LogP contribution is 2.40. The van der Waals surface area contributed by atoms with Gasteiger partial charge in [-0.3, -0.25) is 4.79 Å². The van der Waals surface area contributed by atoms with Gasteiger partial charge in [0.25, 0.3) is 5.91 Å². The van der Waals surface area contributed by atoms with E-state index in [2.05, 4.69) is 10.5 Å². The second-order valence-electron chi connectivity index (χ2n) is 5.16. The largest absolute Gasteiger partial charge is 0.598 e. The number of aromatic nitrogens is 1. The smallest absolute Gasteiger partial charge is 0.273 e. The van der Waals surface area contributed by atoms with Crippen LogP contribution in [0.4, 0.5) is 0 Å². The second kappa shape index (κ2) is 5.15. The average molecular weight is 283 g/mol. The van der Waals surface area contributed by atoms with Crippen LogP contribution in [-0.4, -0.2) is 45.3 Å². The van der Waals surface area contributed by atoms with Crippen molar-refractivity contribution in [2.24, 2.45) is 0 Å². The lowest BCUT2D eigenvalue weighted by Crippen LogP contribution is -2.38. The monoisotopic (exact) mass is 283 g/mol. The minimum absolute atomic E-state index is 0.0393. The molecule has 0 spiro atoms. The number of hydrogen-bond acceptors (Lipinski definition) is 5. The summed E-state index contributed by atoms with van der Waals surface area (Å²) in [6.45, 7) is 1.38. The zero-order valence-electron chi connectivity index (χ0n) is 10.8. The van der Waals surface area contributed by atoms with E-state index < -0.39 is 11.4 Å². The first-order chi connectivity index (χ1) is 9.13. The Morgan fingerprint density at radius 1 is 1.58 bits per heavy atom. The molecule has 2 unspecified atom stereocenters. The molecule has 1 aliphatic carbocycles. The fraction of sp³-hybridized carbons (Fsp3) is 0.667. The van der Waals surface area contributed by atoms with Gasteiger partial charge in [-0.05, 0) is 19.3 Å². The number of carbonyl (C=O) groups excluding carboxylic acids is 1. The van der Waals surface area contributed by atoms with Gasteiger partial charge in [0.1, 0.15) is 12.0 Å². The maximum atomic E-state index is 12.0. The quantitative estimate of drug-likeness (QED) is 0.821. The minimum Gasteiger partial charge on any atom is -0.598 e. The van der Waals surface area contributed by atoms with E-state index >= 15 is 0 Å². The first kappa shape index (κ1) is 13.0. The van der Waals surface area contributed by atoms with Gasteiger partial charge in [0.2, 0.25) is 0 Å². The van der Waals surface area contributed by atoms with E-state index in [1.165, 1.54) is 0 Å². The van der Waals surface area contributed by atoms with E-state index in [1.54, 1.807) is 12.3 Å². The molecule has 104 valence electrons. The Bertz CT molecular complexity index is 473. The summed E-state index contributed by atoms with van der Waals surface area (Å²) in [5, 5.41) is 6.73. The Balaban J connectivity index is 1.55. The van der Waals surface area contributed by atoms with Gasteiger partial charge in [-0.15, -0.1) is 4.31 Å². The number of hydrogen-bond donors (Lipinski definition) is 1. The van der Waals surface area contributed by atoms with Gasteiger partial charge in [-0.2, -0.15) is 0 Å². The van der Waals surface area contributed by atoms with Crippen LogP contribution in [0.2, 0.25) is 0 Å². The highest BCUT2D eigenvalue weighted by Gasteiger charge is 2.32. The molecule has 3 rings (SSSR count). The molecular formula is C12H17N3O3S. The number of rotatable bonds is 4. The standard InChI is InChI=1S/C12H17N3O3S/c1-19(17)15-5-4-9(7-15)13-12(16)10-6-11(18-14-10)8-2-3-8/h6,8-9H,2-5,7H2,1H3,(H,13,16). The van der Waals surface area contributed by atoms with Crippen LogP contribution in [0, 0.1) is 0 Å². The van der Waals surface area contributed by atoms with Crippen molar-refractivity contribution < 1.29 is 13.9 Å². The van der Waals surface area contributed by atoms with Crippen LogP contribution in [0.15, 0.2) is 10.6 Å². The summed E-state index contributed by atoms with van der Waals surface area (Å²) in [7, 11) is 0. The zero-order chi connectivity index (χ0) is 13.4. The average Bonchev–Trinajstić information content (AvgIpc) is 2.92. The maximum Gasteiger partial charge on any atom is 0.273 e. The van der Waals surface area contributed by atoms with Gasteiger partial charge >= 0.3 is 0 Å². The topological polar surface area (TPSA) is 81.4 Å². The molecule has 1 aromatic rings. The van der Waals surface area contributed by atoms with Crippen molar-refractivity contribution in [1.29, 1.82) is 0 Å². The van der Waals surface area contributed by atoms with E-state index in [4.69, 9.17) is 4.52 Å². The van der Waals surface area contributed by atoms with Crippen LogP contribution in [0.5, 0.6) is 0 Å². The number of carbonyl (C=O) groups is 1. The summed E-state index contributed by atoms with van der Waals surface area (Å²) in [4.78, 5) is 12.0. The predicted octanol–water partition coefficient (Wildman–Crippen LogP) is 0.650. The minimum atomic E-state index is -0.967. The highest BCUT2D eigenvalue weighted by molar-refractivity contribution is 7.88. The summed E-state index contributed by atoms with van der Waals surface area (Å²) in [5.74, 6) is 1.07. The van der Waals surface area contributed by atoms with Gasteiger partial charge in [0, 0.05) is 35.9 Å². The molecule has 1 amide bonds. The van der Waals surface area contributed by atoms with E-state index in [-0.39, 0.29) is 11.9 Å². The van der Waals surface area contributed by atoms with E-state index in [0.717, 1.165) is 31.6 Å². The molecule has 1 saturated carbocycles. The molecule has 0 aromatic carbocycles. The number of nitrogens with one attached hydrogen (secondary N) is 1. The van der Waals surface area contributed by atoms with Crippen LogP contribution in [0.25, 0.3) is 0 Å². The fourth-order valence-corrected chi connectivity index (χ4v) is 3.05. The lowest BCUT2D eigenvalue weighted by Gasteiger charge is -2.16. The van der Waals surface area contributed by atoms with Gasteiger partial charge in [-0.25, -0.2) is 0 Å². The summed E-state index contributed by atoms with van der Waals surface area (Å²) >= 11 is -0.967. The molecule has 1 aromatic heterocycles. The Hall–Kier alpha value is -1.05. The lowest BCUT2D eigenvalue weighted by molar-refractivity contribution is 0.0930. The van der Waals surface area contributed by atoms with Crippen molar-refractivity contribution in [3.63, 3.8) is 0 Å². The molecule has 0 bridgehead atoms. The molecule has 2 heterocycles. The van der Waals surface area contributed by atoms with Crippen LogP contribution in [-0.2, 0) is 11.4 Å². The summed E-state index contributed by atoms with van der Waals surface area (Å²) in [6.07, 6.45) is 4.72. The second-order valence-corrected chi connectivity index (χ2v) is 6.52. The number of amides is 1. The maximum absolute atomic E-state index is 12.0. The summed E-state index contributed by atoms with van der Waals surface area (Å²) in [6, 6.07) is 1.77. The molecule has 2 atom stereocenters. The van der Waals surface area contributed by atoms with Crippen molar-refractivity contribution in [1.82, 2.24) is 14.8 Å². The summed E-state index contributed by atoms with van der Waals surface area (Å²) in [5.41, 5.74) is 0.345. The van der Waals surface area contributed by atoms with Crippen LogP contribution >= 0.6 is 0 Å². The predicted molar refractivity (Wildman–Crippen MR) is 70.0 cm³/mol. The molecule has 1 N–H and O–H groups in total. The first-order valence-electron chi connectivity index (χ1n) is 6.49. The van der Waals surface area contributed by atoms with Crippen molar-refractivity contribution in [3.05, 3.63) is 17.5 Å². The molecular weight excluding hydrogens is 266 g/mol. The van der Waals surface area contributed by atoms with Gasteiger partial charge in [0.05, 0.1) is 6.54 Å². The van der Waals surface area contributed by atoms with Crippen molar-refractivity contribution >= 4 is 17.3 Å². The Morgan fingerprint density at radius 3 is 3.00 bits per heavy atom. The molecule has 2 fully saturated rings. The number of nitrogens with zero attached hydrogens (tertiary/aromatic N) is 2. The van der Waals surface area contributed by atoms with Crippen LogP contribution in [0.1, 0.15) is 41.4 Å². The van der Waals surface area contributed by atoms with E-state index in [1.807, 2.05) is 4.31 Å². The van der Waals surface area contributed by atoms with Crippen molar-refractivity contribution in [2.75, 3.05) is 19.3 Å². The molecule has 0 radical (unpaired) electrons. The first-order valence-corrected chi connectivity index (χ1v) is 8.01. The summed E-state index contributed by atoms with van der Waals surface area (Å²) < 4.78 is 18.3. The highest BCUT2D eigenvalue weighted by atomic mass is 32.2. The molecule has 1 aliphatic heterocycles. The Kier molecular flexibility index (Phi) is 3.51. The van der Waals surface area contributed by atoms with Crippen LogP contribution in [0.3, 0.4) is 0 Å². The zero-order valence-corrected chi connectivity index (χ0v) is 11.6. The van der Waals surface area contributed by atoms with E-state index in [0.29, 0.717) is 18.2 Å². The fourth-order valence-electron chi connectivity index (χ4n) is 2.30. The van der Waals surface area contributed by atoms with Crippen molar-refractivity contribution in [3.8, 4) is 0 Å². The Morgan fingerprint density at radius 2 is 2.37 bits per heavy atom. The third kappa shape index (κ3) is 2.93. The molecule has 19 heavy (non-hydrogen) atoms.